The Balaban J connectivity index is 1.36. The summed E-state index contributed by atoms with van der Waals surface area (Å²) < 4.78 is 6.16. The molecule has 0 bridgehead atoms. The number of aliphatic hydroxyl groups is 2. The summed E-state index contributed by atoms with van der Waals surface area (Å²) in [5.74, 6) is 0.989. The van der Waals surface area contributed by atoms with Gasteiger partial charge in [0.2, 0.25) is 0 Å². The van der Waals surface area contributed by atoms with E-state index in [2.05, 4.69) is 47.6 Å². The molecule has 4 nitrogen and oxygen atoms in total. The minimum absolute atomic E-state index is 0.0183. The molecule has 232 valence electrons. The van der Waals surface area contributed by atoms with Crippen LogP contribution in [0, 0.1) is 50.2 Å². The molecule has 0 spiro atoms. The van der Waals surface area contributed by atoms with Crippen LogP contribution in [-0.4, -0.2) is 28.9 Å². The average Bonchev–Trinajstić information content (AvgIpc) is 2.94. The molecule has 1 aromatic carbocycles. The second-order valence-corrected chi connectivity index (χ2v) is 17.2. The number of carbonyl (C=O) groups is 1. The number of aliphatic hydroxyl groups excluding tert-OH is 2. The van der Waals surface area contributed by atoms with Crippen LogP contribution in [0.5, 0.6) is 0 Å². The average molecular weight is 597 g/mol. The number of benzene rings is 1. The van der Waals surface area contributed by atoms with Crippen LogP contribution in [0.2, 0.25) is 5.02 Å². The standard InChI is InChI=1S/C37H53ClO4/c1-32(2)16-18-37(31(41)42-22-24-8-7-9-25(38)20-24)19-17-35(5)26(27(37)21-32)10-11-29-33(3)14-13-30(40)34(4,23-39)28(33)12-15-36(29,35)6/h7-10,20,27-30,39-40H,11-19,21-23H2,1-6H3/t27-,28+,29+,30-,33-,34-,35+,36+,37-/m0/s1. The molecule has 0 heterocycles. The van der Waals surface area contributed by atoms with Crippen molar-refractivity contribution in [2.24, 2.45) is 50.2 Å². The number of allylic oxidation sites excluding steroid dienone is 2. The fourth-order valence-electron chi connectivity index (χ4n) is 11.6. The van der Waals surface area contributed by atoms with E-state index in [1.54, 1.807) is 0 Å². The second-order valence-electron chi connectivity index (χ2n) is 16.8. The first-order chi connectivity index (χ1) is 19.7. The topological polar surface area (TPSA) is 66.8 Å². The van der Waals surface area contributed by atoms with E-state index < -0.39 is 16.9 Å². The Morgan fingerprint density at radius 1 is 0.976 bits per heavy atom. The lowest BCUT2D eigenvalue weighted by atomic mass is 9.33. The molecule has 9 atom stereocenters. The van der Waals surface area contributed by atoms with Crippen molar-refractivity contribution in [3.63, 3.8) is 0 Å². The van der Waals surface area contributed by atoms with E-state index in [0.29, 0.717) is 16.9 Å². The Morgan fingerprint density at radius 3 is 2.43 bits per heavy atom. The largest absolute Gasteiger partial charge is 0.460 e. The smallest absolute Gasteiger partial charge is 0.313 e. The lowest BCUT2D eigenvalue weighted by Gasteiger charge is -2.71. The number of fused-ring (bicyclic) bond motifs is 7. The van der Waals surface area contributed by atoms with Crippen molar-refractivity contribution in [1.82, 2.24) is 0 Å². The van der Waals surface area contributed by atoms with E-state index in [-0.39, 0.29) is 46.8 Å². The van der Waals surface area contributed by atoms with Gasteiger partial charge in [0, 0.05) is 10.4 Å². The Morgan fingerprint density at radius 2 is 1.71 bits per heavy atom. The maximum atomic E-state index is 14.2. The van der Waals surface area contributed by atoms with Crippen LogP contribution in [0.4, 0.5) is 0 Å². The van der Waals surface area contributed by atoms with Crippen LogP contribution < -0.4 is 0 Å². The van der Waals surface area contributed by atoms with Gasteiger partial charge in [-0.3, -0.25) is 4.79 Å². The van der Waals surface area contributed by atoms with Gasteiger partial charge in [-0.05, 0) is 121 Å². The summed E-state index contributed by atoms with van der Waals surface area (Å²) in [6.45, 7) is 14.8. The number of ether oxygens (including phenoxy) is 1. The summed E-state index contributed by atoms with van der Waals surface area (Å²) in [6, 6.07) is 7.63. The van der Waals surface area contributed by atoms with Crippen LogP contribution in [0.25, 0.3) is 0 Å². The first-order valence-electron chi connectivity index (χ1n) is 16.6. The Labute approximate surface area is 258 Å². The molecule has 0 amide bonds. The zero-order chi connectivity index (χ0) is 30.3. The van der Waals surface area contributed by atoms with E-state index in [1.165, 1.54) is 5.57 Å². The van der Waals surface area contributed by atoms with Crippen LogP contribution in [0.1, 0.15) is 111 Å². The van der Waals surface area contributed by atoms with Crippen LogP contribution in [0.15, 0.2) is 35.9 Å². The van der Waals surface area contributed by atoms with Crippen molar-refractivity contribution >= 4 is 17.6 Å². The monoisotopic (exact) mass is 596 g/mol. The summed E-state index contributed by atoms with van der Waals surface area (Å²) in [7, 11) is 0. The molecular formula is C37H53ClO4. The molecule has 0 aromatic heterocycles. The van der Waals surface area contributed by atoms with Gasteiger partial charge in [0.15, 0.2) is 0 Å². The molecule has 0 unspecified atom stereocenters. The molecule has 0 radical (unpaired) electrons. The lowest BCUT2D eigenvalue weighted by Crippen LogP contribution is -2.66. The molecule has 2 N–H and O–H groups in total. The van der Waals surface area contributed by atoms with Crippen LogP contribution in [-0.2, 0) is 16.1 Å². The highest BCUT2D eigenvalue weighted by Gasteiger charge is 2.69. The molecule has 4 saturated carbocycles. The third kappa shape index (κ3) is 4.24. The number of hydrogen-bond acceptors (Lipinski definition) is 4. The molecule has 6 rings (SSSR count). The summed E-state index contributed by atoms with van der Waals surface area (Å²) >= 11 is 6.22. The van der Waals surface area contributed by atoms with Crippen molar-refractivity contribution in [3.05, 3.63) is 46.5 Å². The zero-order valence-electron chi connectivity index (χ0n) is 26.8. The summed E-state index contributed by atoms with van der Waals surface area (Å²) in [6.07, 6.45) is 11.9. The van der Waals surface area contributed by atoms with Crippen LogP contribution in [0.3, 0.4) is 0 Å². The summed E-state index contributed by atoms with van der Waals surface area (Å²) in [5, 5.41) is 22.3. The predicted octanol–water partition coefficient (Wildman–Crippen LogP) is 8.52. The predicted molar refractivity (Wildman–Crippen MR) is 168 cm³/mol. The number of halogens is 1. The van der Waals surface area contributed by atoms with Crippen LogP contribution >= 0.6 is 11.6 Å². The molecule has 5 aliphatic rings. The normalized spacial score (nSPS) is 45.9. The molecule has 4 fully saturated rings. The highest BCUT2D eigenvalue weighted by molar-refractivity contribution is 6.30. The third-order valence-corrected chi connectivity index (χ3v) is 14.7. The van der Waals surface area contributed by atoms with Gasteiger partial charge in [0.05, 0.1) is 18.1 Å². The van der Waals surface area contributed by atoms with E-state index in [1.807, 2.05) is 24.3 Å². The summed E-state index contributed by atoms with van der Waals surface area (Å²) in [5.41, 5.74) is 1.95. The van der Waals surface area contributed by atoms with Gasteiger partial charge < -0.3 is 14.9 Å². The molecule has 5 heteroatoms. The SMILES string of the molecule is CC1(C)CC[C@]2(C(=O)OCc3cccc(Cl)c3)CC[C@]3(C)C(=CC[C@@H]4[C@@]5(C)CC[C@H](O)[C@@](C)(CO)[C@@H]5CC[C@]43C)[C@@H]2C1. The highest BCUT2D eigenvalue weighted by atomic mass is 35.5. The minimum atomic E-state index is -0.464. The first-order valence-corrected chi connectivity index (χ1v) is 16.9. The first kappa shape index (κ1) is 30.7. The van der Waals surface area contributed by atoms with Gasteiger partial charge in [-0.25, -0.2) is 0 Å². The highest BCUT2D eigenvalue weighted by Crippen LogP contribution is 2.75. The number of rotatable bonds is 4. The van der Waals surface area contributed by atoms with Crippen molar-refractivity contribution in [3.8, 4) is 0 Å². The number of hydrogen-bond donors (Lipinski definition) is 2. The van der Waals surface area contributed by atoms with E-state index in [9.17, 15) is 15.0 Å². The molecule has 5 aliphatic carbocycles. The quantitative estimate of drug-likeness (QED) is 0.270. The Bertz CT molecular complexity index is 1270. The van der Waals surface area contributed by atoms with Crippen molar-refractivity contribution < 1.29 is 19.7 Å². The van der Waals surface area contributed by atoms with Gasteiger partial charge in [-0.15, -0.1) is 0 Å². The molecular weight excluding hydrogens is 544 g/mol. The minimum Gasteiger partial charge on any atom is -0.460 e. The zero-order valence-corrected chi connectivity index (χ0v) is 27.5. The van der Waals surface area contributed by atoms with Gasteiger partial charge in [0.1, 0.15) is 6.61 Å². The fraction of sp³-hybridized carbons (Fsp3) is 0.757. The van der Waals surface area contributed by atoms with Gasteiger partial charge in [-0.2, -0.15) is 0 Å². The number of esters is 1. The molecule has 42 heavy (non-hydrogen) atoms. The van der Waals surface area contributed by atoms with E-state index in [0.717, 1.165) is 69.8 Å². The van der Waals surface area contributed by atoms with E-state index >= 15 is 0 Å². The van der Waals surface area contributed by atoms with Crippen molar-refractivity contribution in [2.75, 3.05) is 6.61 Å². The second kappa shape index (κ2) is 10.1. The number of carbonyl (C=O) groups excluding carboxylic acids is 1. The van der Waals surface area contributed by atoms with Crippen molar-refractivity contribution in [2.45, 2.75) is 118 Å². The van der Waals surface area contributed by atoms with Gasteiger partial charge >= 0.3 is 5.97 Å². The van der Waals surface area contributed by atoms with Gasteiger partial charge in [0.25, 0.3) is 0 Å². The molecule has 0 aliphatic heterocycles. The maximum Gasteiger partial charge on any atom is 0.313 e. The van der Waals surface area contributed by atoms with E-state index in [4.69, 9.17) is 16.3 Å². The molecule has 0 saturated heterocycles. The summed E-state index contributed by atoms with van der Waals surface area (Å²) in [4.78, 5) is 14.2. The molecule has 1 aromatic rings. The van der Waals surface area contributed by atoms with Crippen molar-refractivity contribution in [1.29, 1.82) is 0 Å². The Kier molecular flexibility index (Phi) is 7.35. The third-order valence-electron chi connectivity index (χ3n) is 14.4. The lowest BCUT2D eigenvalue weighted by molar-refractivity contribution is -0.217. The van der Waals surface area contributed by atoms with Gasteiger partial charge in [-0.1, -0.05) is 76.9 Å². The Hall–Kier alpha value is -1.36. The maximum absolute atomic E-state index is 14.2. The fourth-order valence-corrected chi connectivity index (χ4v) is 11.8.